The third-order valence-electron chi connectivity index (χ3n) is 3.20. The number of amides is 1. The van der Waals surface area contributed by atoms with Crippen LogP contribution >= 0.6 is 0 Å². The van der Waals surface area contributed by atoms with E-state index in [9.17, 15) is 14.9 Å². The maximum absolute atomic E-state index is 11.5. The molecule has 7 nitrogen and oxygen atoms in total. The summed E-state index contributed by atoms with van der Waals surface area (Å²) in [6.07, 6.45) is 1.79. The molecule has 1 aliphatic heterocycles. The second-order valence-corrected chi connectivity index (χ2v) is 4.35. The van der Waals surface area contributed by atoms with E-state index in [1.807, 2.05) is 16.7 Å². The largest absolute Gasteiger partial charge is 0.353 e. The molecular formula is C12H16N4O3. The number of hydrogen-bond donors (Lipinski definition) is 0. The van der Waals surface area contributed by atoms with Gasteiger partial charge in [-0.3, -0.25) is 14.9 Å². The molecule has 0 spiro atoms. The molecule has 1 aromatic rings. The highest BCUT2D eigenvalue weighted by atomic mass is 16.6. The highest BCUT2D eigenvalue weighted by Gasteiger charge is 2.21. The van der Waals surface area contributed by atoms with Crippen molar-refractivity contribution in [3.8, 4) is 0 Å². The molecule has 2 rings (SSSR count). The maximum Gasteiger partial charge on any atom is 0.287 e. The Bertz CT molecular complexity index is 466. The Morgan fingerprint density at radius 1 is 1.37 bits per heavy atom. The predicted octanol–water partition coefficient (Wildman–Crippen LogP) is 1.05. The number of carbonyl (C=O) groups excluding carboxylic acids is 1. The lowest BCUT2D eigenvalue weighted by molar-refractivity contribution is -0.385. The minimum Gasteiger partial charge on any atom is -0.353 e. The smallest absolute Gasteiger partial charge is 0.287 e. The Hall–Kier alpha value is -2.18. The van der Waals surface area contributed by atoms with Crippen molar-refractivity contribution < 1.29 is 9.72 Å². The van der Waals surface area contributed by atoms with Gasteiger partial charge in [0, 0.05) is 38.7 Å². The summed E-state index contributed by atoms with van der Waals surface area (Å²) < 4.78 is 0. The van der Waals surface area contributed by atoms with Gasteiger partial charge in [0.25, 0.3) is 5.69 Å². The van der Waals surface area contributed by atoms with Crippen molar-refractivity contribution in [2.24, 2.45) is 0 Å². The zero-order valence-electron chi connectivity index (χ0n) is 10.8. The van der Waals surface area contributed by atoms with Gasteiger partial charge in [0.05, 0.1) is 4.92 Å². The Labute approximate surface area is 111 Å². The van der Waals surface area contributed by atoms with Crippen molar-refractivity contribution in [3.05, 3.63) is 28.4 Å². The van der Waals surface area contributed by atoms with Crippen LogP contribution in [0.4, 0.5) is 11.5 Å². The summed E-state index contributed by atoms with van der Waals surface area (Å²) in [7, 11) is 0. The molecular weight excluding hydrogens is 248 g/mol. The number of nitro groups is 1. The van der Waals surface area contributed by atoms with Crippen LogP contribution in [0.2, 0.25) is 0 Å². The van der Waals surface area contributed by atoms with Gasteiger partial charge in [0.15, 0.2) is 0 Å². The number of nitrogens with zero attached hydrogens (tertiary/aromatic N) is 4. The van der Waals surface area contributed by atoms with Crippen LogP contribution in [0, 0.1) is 10.1 Å². The molecule has 1 saturated heterocycles. The average Bonchev–Trinajstić information content (AvgIpc) is 2.46. The van der Waals surface area contributed by atoms with Gasteiger partial charge in [-0.2, -0.15) is 0 Å². The van der Waals surface area contributed by atoms with Gasteiger partial charge in [-0.1, -0.05) is 6.92 Å². The van der Waals surface area contributed by atoms with Gasteiger partial charge in [-0.25, -0.2) is 4.98 Å². The standard InChI is InChI=1S/C12H16N4O3/c1-2-12(17)15-7-5-14(6-8-15)11-4-3-10(9-13-11)16(18)19/h3-4,9H,2,5-8H2,1H3. The summed E-state index contributed by atoms with van der Waals surface area (Å²) in [6, 6.07) is 3.10. The van der Waals surface area contributed by atoms with Crippen molar-refractivity contribution in [2.45, 2.75) is 13.3 Å². The zero-order valence-corrected chi connectivity index (χ0v) is 10.8. The topological polar surface area (TPSA) is 79.6 Å². The molecule has 0 saturated carbocycles. The molecule has 0 N–H and O–H groups in total. The minimum atomic E-state index is -0.464. The van der Waals surface area contributed by atoms with Crippen LogP contribution in [-0.2, 0) is 4.79 Å². The van der Waals surface area contributed by atoms with Gasteiger partial charge in [0.2, 0.25) is 5.91 Å². The number of anilines is 1. The van der Waals surface area contributed by atoms with Gasteiger partial charge in [-0.15, -0.1) is 0 Å². The fourth-order valence-corrected chi connectivity index (χ4v) is 2.08. The van der Waals surface area contributed by atoms with E-state index < -0.39 is 4.92 Å². The highest BCUT2D eigenvalue weighted by Crippen LogP contribution is 2.17. The van der Waals surface area contributed by atoms with E-state index in [2.05, 4.69) is 4.98 Å². The zero-order chi connectivity index (χ0) is 13.8. The fourth-order valence-electron chi connectivity index (χ4n) is 2.08. The molecule has 102 valence electrons. The summed E-state index contributed by atoms with van der Waals surface area (Å²) >= 11 is 0. The van der Waals surface area contributed by atoms with E-state index in [4.69, 9.17) is 0 Å². The summed E-state index contributed by atoms with van der Waals surface area (Å²) in [5.74, 6) is 0.880. The first-order chi connectivity index (χ1) is 9.11. The molecule has 1 aliphatic rings. The lowest BCUT2D eigenvalue weighted by Crippen LogP contribution is -2.48. The summed E-state index contributed by atoms with van der Waals surface area (Å²) in [5, 5.41) is 10.5. The number of rotatable bonds is 3. The van der Waals surface area contributed by atoms with Gasteiger partial charge in [0.1, 0.15) is 12.0 Å². The molecule has 0 aliphatic carbocycles. The van der Waals surface area contributed by atoms with Gasteiger partial charge >= 0.3 is 0 Å². The number of pyridine rings is 1. The molecule has 1 aromatic heterocycles. The molecule has 0 aromatic carbocycles. The van der Waals surface area contributed by atoms with Crippen LogP contribution in [0.5, 0.6) is 0 Å². The molecule has 0 unspecified atom stereocenters. The molecule has 0 radical (unpaired) electrons. The maximum atomic E-state index is 11.5. The van der Waals surface area contributed by atoms with Crippen LogP contribution in [0.25, 0.3) is 0 Å². The summed E-state index contributed by atoms with van der Waals surface area (Å²) in [5.41, 5.74) is -0.0106. The number of piperazine rings is 1. The van der Waals surface area contributed by atoms with Crippen LogP contribution in [-0.4, -0.2) is 46.9 Å². The second-order valence-electron chi connectivity index (χ2n) is 4.35. The average molecular weight is 264 g/mol. The molecule has 7 heteroatoms. The summed E-state index contributed by atoms with van der Waals surface area (Å²) in [6.45, 7) is 4.61. The van der Waals surface area contributed by atoms with E-state index in [0.29, 0.717) is 38.4 Å². The van der Waals surface area contributed by atoms with Crippen molar-refractivity contribution in [1.29, 1.82) is 0 Å². The van der Waals surface area contributed by atoms with Crippen LogP contribution in [0.15, 0.2) is 18.3 Å². The summed E-state index contributed by atoms with van der Waals surface area (Å²) in [4.78, 5) is 29.6. The number of aromatic nitrogens is 1. The first-order valence-corrected chi connectivity index (χ1v) is 6.25. The predicted molar refractivity (Wildman–Crippen MR) is 70.0 cm³/mol. The lowest BCUT2D eigenvalue weighted by atomic mass is 10.2. The quantitative estimate of drug-likeness (QED) is 0.602. The fraction of sp³-hybridized carbons (Fsp3) is 0.500. The van der Waals surface area contributed by atoms with E-state index in [-0.39, 0.29) is 11.6 Å². The Morgan fingerprint density at radius 2 is 2.05 bits per heavy atom. The Kier molecular flexibility index (Phi) is 3.94. The molecule has 2 heterocycles. The van der Waals surface area contributed by atoms with Crippen molar-refractivity contribution >= 4 is 17.4 Å². The highest BCUT2D eigenvalue weighted by molar-refractivity contribution is 5.76. The Morgan fingerprint density at radius 3 is 2.53 bits per heavy atom. The monoisotopic (exact) mass is 264 g/mol. The SMILES string of the molecule is CCC(=O)N1CCN(c2ccc([N+](=O)[O-])cn2)CC1. The van der Waals surface area contributed by atoms with Crippen molar-refractivity contribution in [2.75, 3.05) is 31.1 Å². The molecule has 1 amide bonds. The van der Waals surface area contributed by atoms with Gasteiger partial charge < -0.3 is 9.80 Å². The Balaban J connectivity index is 1.97. The lowest BCUT2D eigenvalue weighted by Gasteiger charge is -2.35. The van der Waals surface area contributed by atoms with Crippen molar-refractivity contribution in [3.63, 3.8) is 0 Å². The molecule has 0 bridgehead atoms. The van der Waals surface area contributed by atoms with Crippen LogP contribution in [0.3, 0.4) is 0 Å². The van der Waals surface area contributed by atoms with Gasteiger partial charge in [-0.05, 0) is 6.07 Å². The first-order valence-electron chi connectivity index (χ1n) is 6.25. The number of carbonyl (C=O) groups is 1. The molecule has 19 heavy (non-hydrogen) atoms. The van der Waals surface area contributed by atoms with E-state index >= 15 is 0 Å². The van der Waals surface area contributed by atoms with Crippen LogP contribution < -0.4 is 4.90 Å². The van der Waals surface area contributed by atoms with E-state index in [0.717, 1.165) is 0 Å². The van der Waals surface area contributed by atoms with Crippen LogP contribution in [0.1, 0.15) is 13.3 Å². The molecule has 0 atom stereocenters. The first kappa shape index (κ1) is 13.3. The minimum absolute atomic E-state index is 0.0106. The van der Waals surface area contributed by atoms with E-state index in [1.54, 1.807) is 6.07 Å². The normalized spacial score (nSPS) is 15.4. The number of hydrogen-bond acceptors (Lipinski definition) is 5. The third-order valence-corrected chi connectivity index (χ3v) is 3.20. The third kappa shape index (κ3) is 2.98. The van der Waals surface area contributed by atoms with E-state index in [1.165, 1.54) is 12.3 Å². The van der Waals surface area contributed by atoms with Crippen molar-refractivity contribution in [1.82, 2.24) is 9.88 Å². The molecule has 1 fully saturated rings. The second kappa shape index (κ2) is 5.64.